The maximum atomic E-state index is 12.3. The number of halogens is 6. The molecule has 28 heteroatoms. The van der Waals surface area contributed by atoms with Gasteiger partial charge in [-0.1, -0.05) is 94.7 Å². The Morgan fingerprint density at radius 3 is 1.22 bits per heavy atom. The maximum Gasteiger partial charge on any atom is 0.306 e. The molecule has 3 aliphatic carbocycles. The third-order valence-corrected chi connectivity index (χ3v) is 28.7. The molecule has 0 spiro atoms. The van der Waals surface area contributed by atoms with Crippen LogP contribution in [0.2, 0.25) is 30.1 Å². The third-order valence-electron chi connectivity index (χ3n) is 27.0. The molecule has 6 saturated heterocycles. The van der Waals surface area contributed by atoms with E-state index in [0.717, 1.165) is 190 Å². The van der Waals surface area contributed by atoms with Crippen molar-refractivity contribution in [1.29, 1.82) is 0 Å². The van der Waals surface area contributed by atoms with Crippen molar-refractivity contribution >= 4 is 132 Å². The molecule has 9 fully saturated rings. The number of carbonyl (C=O) groups is 2. The summed E-state index contributed by atoms with van der Waals surface area (Å²) in [7, 11) is 0. The summed E-state index contributed by atoms with van der Waals surface area (Å²) in [6.07, 6.45) is 16.9. The standard InChI is InChI=1S/C81H94Cl6N18O4/c1-42-15-60(16-42)98-31-47(19-69(64-12-9-58(83)26-67(64)86)104-78-75(44(3)95-104)89-29-72(92-78)100-36-54(37-100)49-7-6-14-97(33-49)61-21-50(22-61)80(106)107)17-52(34-98)55-40-102(41-55)73-30-90-76-45(4)96-105(79(76)93-73)70(65-13-10-59(84)27-68(65)87)20-48-18-53(35-99(32-48)62-23-51(24-62)81(108)109)56-38-101(39-56)71-28-88-74-43(2)94-103(77(74)91-71)46(5)63-11-8-57(82)25-66(63)85/h8-13,25-30,42,46-56,60-62,69-70H,6-7,14-24,31-41H2,1-5H3,(H,106,107)(H,108,109)/t42?,46-,47?,48?,49-,50?,51?,52+,53+,60?,61?,62?,69-,70-/m1/s1. The number of hydrogen-bond acceptors (Lipinski definition) is 17. The molecule has 0 bridgehead atoms. The fraction of sp³-hybridized carbons (Fsp3) is 0.568. The van der Waals surface area contributed by atoms with Crippen molar-refractivity contribution in [3.63, 3.8) is 0 Å². The van der Waals surface area contributed by atoms with Gasteiger partial charge in [-0.2, -0.15) is 15.3 Å². The van der Waals surface area contributed by atoms with Crippen molar-refractivity contribution < 1.29 is 19.8 Å². The van der Waals surface area contributed by atoms with Gasteiger partial charge in [0.1, 0.15) is 34.0 Å². The number of aromatic nitrogens is 12. The lowest BCUT2D eigenvalue weighted by Gasteiger charge is -2.52. The number of anilines is 3. The average molecular weight is 1600 g/mol. The molecule has 9 aromatic rings. The lowest BCUT2D eigenvalue weighted by Crippen LogP contribution is -2.58. The summed E-state index contributed by atoms with van der Waals surface area (Å²) < 4.78 is 6.13. The van der Waals surface area contributed by atoms with Crippen LogP contribution in [-0.4, -0.2) is 193 Å². The van der Waals surface area contributed by atoms with Crippen molar-refractivity contribution in [3.8, 4) is 0 Å². The van der Waals surface area contributed by atoms with Gasteiger partial charge in [0.05, 0.1) is 65.6 Å². The summed E-state index contributed by atoms with van der Waals surface area (Å²) in [6.45, 7) is 21.5. The zero-order valence-electron chi connectivity index (χ0n) is 62.2. The molecule has 6 aliphatic heterocycles. The number of likely N-dealkylation sites (tertiary alicyclic amines) is 3. The molecular formula is C81H94Cl6N18O4. The number of carboxylic acids is 2. The molecule has 2 unspecified atom stereocenters. The van der Waals surface area contributed by atoms with E-state index in [4.69, 9.17) is 115 Å². The minimum Gasteiger partial charge on any atom is -0.481 e. The van der Waals surface area contributed by atoms with Crippen LogP contribution in [0.15, 0.2) is 73.2 Å². The van der Waals surface area contributed by atoms with E-state index in [1.54, 1.807) is 6.07 Å². The first-order chi connectivity index (χ1) is 52.5. The molecule has 574 valence electrons. The van der Waals surface area contributed by atoms with Gasteiger partial charge in [-0.05, 0) is 218 Å². The van der Waals surface area contributed by atoms with Gasteiger partial charge in [-0.15, -0.1) is 0 Å². The van der Waals surface area contributed by atoms with Crippen LogP contribution in [0, 0.1) is 85.9 Å². The second-order valence-corrected chi connectivity index (χ2v) is 36.6. The number of carboxylic acid groups (broad SMARTS) is 2. The number of hydrogen-bond donors (Lipinski definition) is 2. The third kappa shape index (κ3) is 14.2. The average Bonchev–Trinajstić information content (AvgIpc) is 1.76. The minimum atomic E-state index is -0.718. The van der Waals surface area contributed by atoms with Crippen LogP contribution in [0.4, 0.5) is 17.5 Å². The van der Waals surface area contributed by atoms with Gasteiger partial charge in [0.15, 0.2) is 16.9 Å². The molecule has 12 heterocycles. The Labute approximate surface area is 665 Å². The van der Waals surface area contributed by atoms with Crippen molar-refractivity contribution in [2.45, 2.75) is 148 Å². The van der Waals surface area contributed by atoms with Gasteiger partial charge >= 0.3 is 11.9 Å². The first kappa shape index (κ1) is 73.7. The van der Waals surface area contributed by atoms with E-state index in [9.17, 15) is 19.8 Å². The van der Waals surface area contributed by atoms with Crippen molar-refractivity contribution in [1.82, 2.24) is 73.9 Å². The van der Waals surface area contributed by atoms with Crippen molar-refractivity contribution in [3.05, 3.63) is 137 Å². The van der Waals surface area contributed by atoms with Gasteiger partial charge in [0.25, 0.3) is 0 Å². The van der Waals surface area contributed by atoms with E-state index in [-0.39, 0.29) is 41.9 Å². The van der Waals surface area contributed by atoms with Crippen LogP contribution < -0.4 is 14.7 Å². The summed E-state index contributed by atoms with van der Waals surface area (Å²) in [5.41, 5.74) is 9.69. The lowest BCUT2D eigenvalue weighted by atomic mass is 9.72. The van der Waals surface area contributed by atoms with E-state index in [0.29, 0.717) is 120 Å². The quantitative estimate of drug-likeness (QED) is 0.0682. The Hall–Kier alpha value is -6.73. The number of aryl methyl sites for hydroxylation is 3. The van der Waals surface area contributed by atoms with E-state index >= 15 is 0 Å². The van der Waals surface area contributed by atoms with E-state index in [1.807, 2.05) is 86.5 Å². The summed E-state index contributed by atoms with van der Waals surface area (Å²) in [5, 5.41) is 38.7. The Kier molecular flexibility index (Phi) is 20.1. The van der Waals surface area contributed by atoms with Gasteiger partial charge < -0.3 is 29.8 Å². The predicted molar refractivity (Wildman–Crippen MR) is 427 cm³/mol. The van der Waals surface area contributed by atoms with Crippen LogP contribution in [0.5, 0.6) is 0 Å². The molecule has 109 heavy (non-hydrogen) atoms. The Morgan fingerprint density at radius 1 is 0.450 bits per heavy atom. The van der Waals surface area contributed by atoms with Crippen LogP contribution in [0.3, 0.4) is 0 Å². The molecule has 9 aliphatic rings. The second-order valence-electron chi connectivity index (χ2n) is 34.0. The fourth-order valence-corrected chi connectivity index (χ4v) is 22.1. The zero-order valence-corrected chi connectivity index (χ0v) is 66.8. The molecule has 22 nitrogen and oxygen atoms in total. The molecule has 6 aromatic heterocycles. The lowest BCUT2D eigenvalue weighted by molar-refractivity contribution is -0.148. The molecule has 2 N–H and O–H groups in total. The van der Waals surface area contributed by atoms with Crippen LogP contribution in [0.25, 0.3) is 33.5 Å². The number of aliphatic carboxylic acids is 2. The highest BCUT2D eigenvalue weighted by atomic mass is 35.5. The van der Waals surface area contributed by atoms with Crippen LogP contribution in [0.1, 0.15) is 143 Å². The molecule has 0 amide bonds. The Bertz CT molecular complexity index is 4960. The molecule has 3 saturated carbocycles. The summed E-state index contributed by atoms with van der Waals surface area (Å²) >= 11 is 41.1. The minimum absolute atomic E-state index is 0.183. The number of piperidine rings is 3. The van der Waals surface area contributed by atoms with Gasteiger partial charge in [0, 0.05) is 120 Å². The van der Waals surface area contributed by atoms with Gasteiger partial charge in [-0.3, -0.25) is 19.4 Å². The highest BCUT2D eigenvalue weighted by Crippen LogP contribution is 2.48. The fourth-order valence-electron chi connectivity index (χ4n) is 20.4. The van der Waals surface area contributed by atoms with E-state index < -0.39 is 11.9 Å². The van der Waals surface area contributed by atoms with Crippen molar-refractivity contribution in [2.75, 3.05) is 93.2 Å². The van der Waals surface area contributed by atoms with Crippen molar-refractivity contribution in [2.24, 2.45) is 65.1 Å². The highest BCUT2D eigenvalue weighted by Gasteiger charge is 2.49. The van der Waals surface area contributed by atoms with E-state index in [1.165, 1.54) is 19.3 Å². The first-order valence-electron chi connectivity index (χ1n) is 39.5. The maximum absolute atomic E-state index is 12.3. The largest absolute Gasteiger partial charge is 0.481 e. The Balaban J connectivity index is 0.586. The topological polar surface area (TPSA) is 225 Å². The normalized spacial score (nSPS) is 27.6. The van der Waals surface area contributed by atoms with E-state index in [2.05, 4.69) is 58.7 Å². The molecular weight excluding hydrogens is 1500 g/mol. The number of nitrogens with zero attached hydrogens (tertiary/aromatic N) is 18. The SMILES string of the molecule is Cc1nn([C@H](C)c2ccc(Cl)cc2Cl)c2nc(N3CC([C@H]4CC(C[C@H](c5ccc(Cl)cc5Cl)n5nc(C)c6ncc(N7CC([C@H]8CC(C[C@H](c9ccc(Cl)cc9Cl)n9nc(C)c%10ncc(N%11CC([C@@H]%12CCCN(C%13CC(C(=O)O)C%13)C%12)C%11)nc%109)CN(C9CC(C)C9)C8)C7)nc65)CN(C5CC(C(=O)O)C5)C4)C3)cnc12. The second kappa shape index (κ2) is 29.7. The molecule has 0 radical (unpaired) electrons. The molecule has 3 aromatic carbocycles. The number of rotatable bonds is 21. The van der Waals surface area contributed by atoms with Crippen LogP contribution >= 0.6 is 69.6 Å². The molecule has 8 atom stereocenters. The number of fused-ring (bicyclic) bond motifs is 3. The Morgan fingerprint density at radius 2 is 0.817 bits per heavy atom. The first-order valence-corrected chi connectivity index (χ1v) is 41.7. The van der Waals surface area contributed by atoms with Gasteiger partial charge in [0.2, 0.25) is 0 Å². The monoisotopic (exact) mass is 1590 g/mol. The summed E-state index contributed by atoms with van der Waals surface area (Å²) in [4.78, 5) is 70.5. The summed E-state index contributed by atoms with van der Waals surface area (Å²) in [5.74, 6) is 4.50. The number of benzene rings is 3. The zero-order chi connectivity index (χ0) is 75.1. The summed E-state index contributed by atoms with van der Waals surface area (Å²) in [6, 6.07) is 17.6. The van der Waals surface area contributed by atoms with Gasteiger partial charge in [-0.25, -0.2) is 43.9 Å². The predicted octanol–water partition coefficient (Wildman–Crippen LogP) is 15.3. The smallest absolute Gasteiger partial charge is 0.306 e. The van der Waals surface area contributed by atoms with Crippen LogP contribution in [-0.2, 0) is 9.59 Å². The highest BCUT2D eigenvalue weighted by molar-refractivity contribution is 6.36. The molecule has 18 rings (SSSR count).